The molecule has 0 radical (unpaired) electrons. The molecule has 1 saturated heterocycles. The molecule has 21 heteroatoms. The van der Waals surface area contributed by atoms with Crippen molar-refractivity contribution in [2.75, 3.05) is 38.4 Å². The van der Waals surface area contributed by atoms with E-state index in [1.165, 1.54) is 30.7 Å². The van der Waals surface area contributed by atoms with Crippen LogP contribution in [0.3, 0.4) is 0 Å². The minimum Gasteiger partial charge on any atom is -0.467 e. The number of carbonyl (C=O) groups is 8. The number of ether oxygens (including phenoxy) is 2. The Morgan fingerprint density at radius 3 is 2.36 bits per heavy atom. The zero-order chi connectivity index (χ0) is 45.1. The molecule has 10 N–H and O–H groups in total. The van der Waals surface area contributed by atoms with Crippen LogP contribution in [0.2, 0.25) is 0 Å². The van der Waals surface area contributed by atoms with Crippen molar-refractivity contribution in [3.8, 4) is 0 Å². The van der Waals surface area contributed by atoms with Crippen molar-refractivity contribution < 1.29 is 47.8 Å². The van der Waals surface area contributed by atoms with E-state index in [-0.39, 0.29) is 37.7 Å². The van der Waals surface area contributed by atoms with Gasteiger partial charge in [-0.15, -0.1) is 11.8 Å². The number of esters is 2. The number of thioether (sulfide) groups is 1. The minimum absolute atomic E-state index is 0.00476. The molecule has 4 unspecified atom stereocenters. The van der Waals surface area contributed by atoms with E-state index in [4.69, 9.17) is 20.9 Å². The van der Waals surface area contributed by atoms with Gasteiger partial charge in [-0.3, -0.25) is 38.6 Å². The number of amides is 6. The second-order valence-electron chi connectivity index (χ2n) is 15.4. The summed E-state index contributed by atoms with van der Waals surface area (Å²) in [6.07, 6.45) is 3.16. The molecule has 1 aliphatic rings. The number of nitrogens with two attached hydrogens (primary N) is 2. The third-order valence-electron chi connectivity index (χ3n) is 9.33. The van der Waals surface area contributed by atoms with E-state index >= 15 is 0 Å². The van der Waals surface area contributed by atoms with Crippen molar-refractivity contribution in [1.29, 1.82) is 0 Å². The van der Waals surface area contributed by atoms with E-state index in [0.29, 0.717) is 49.4 Å². The Morgan fingerprint density at radius 1 is 0.951 bits per heavy atom. The molecule has 6 amide bonds. The average molecular weight is 873 g/mol. The van der Waals surface area contributed by atoms with Crippen molar-refractivity contribution in [3.05, 3.63) is 36.0 Å². The SMILES string of the molecule is COC(=O)C1CCCN1C(=O)C(Cc1c[nH]c2ccccc12)NC(=O)C(CC(=O)OC(C)(C)C)NC(=O)CNC(=O)C(CCCCN=C(N)N)NC(=O)CCSCNC(C)=O. The van der Waals surface area contributed by atoms with Gasteiger partial charge < -0.3 is 57.4 Å². The van der Waals surface area contributed by atoms with Crippen molar-refractivity contribution in [1.82, 2.24) is 36.5 Å². The van der Waals surface area contributed by atoms with Gasteiger partial charge in [0.05, 0.1) is 26.0 Å². The molecule has 2 heterocycles. The van der Waals surface area contributed by atoms with Gasteiger partial charge in [0.1, 0.15) is 29.8 Å². The third kappa shape index (κ3) is 17.3. The average Bonchev–Trinajstić information content (AvgIpc) is 3.85. The lowest BCUT2D eigenvalue weighted by molar-refractivity contribution is -0.157. The van der Waals surface area contributed by atoms with Gasteiger partial charge in [0.15, 0.2) is 5.96 Å². The molecule has 20 nitrogen and oxygen atoms in total. The number of methoxy groups -OCH3 is 1. The lowest BCUT2D eigenvalue weighted by Gasteiger charge is -2.29. The Kier molecular flexibility index (Phi) is 19.8. The van der Waals surface area contributed by atoms with Gasteiger partial charge >= 0.3 is 11.9 Å². The van der Waals surface area contributed by atoms with Crippen molar-refractivity contribution in [3.63, 3.8) is 0 Å². The lowest BCUT2D eigenvalue weighted by atomic mass is 10.0. The van der Waals surface area contributed by atoms with Crippen molar-refractivity contribution in [2.24, 2.45) is 16.5 Å². The number of benzene rings is 1. The molecule has 4 atom stereocenters. The van der Waals surface area contributed by atoms with Crippen LogP contribution in [0.5, 0.6) is 0 Å². The third-order valence-corrected chi connectivity index (χ3v) is 10.2. The second kappa shape index (κ2) is 24.4. The molecular weight excluding hydrogens is 813 g/mol. The largest absolute Gasteiger partial charge is 0.467 e. The molecule has 336 valence electrons. The number of nitrogens with zero attached hydrogens (tertiary/aromatic N) is 2. The topological polar surface area (TPSA) is 299 Å². The van der Waals surface area contributed by atoms with Crippen LogP contribution in [0.25, 0.3) is 10.9 Å². The maximum absolute atomic E-state index is 14.2. The van der Waals surface area contributed by atoms with E-state index < -0.39 is 84.2 Å². The highest BCUT2D eigenvalue weighted by molar-refractivity contribution is 7.99. The molecule has 0 spiro atoms. The number of unbranched alkanes of at least 4 members (excludes halogenated alkanes) is 1. The molecule has 3 rings (SSSR count). The normalized spacial score (nSPS) is 15.1. The smallest absolute Gasteiger partial charge is 0.328 e. The molecule has 1 aliphatic heterocycles. The first-order valence-corrected chi connectivity index (χ1v) is 21.2. The summed E-state index contributed by atoms with van der Waals surface area (Å²) in [7, 11) is 1.23. The molecule has 61 heavy (non-hydrogen) atoms. The number of aliphatic imine (C=N–C) groups is 1. The number of guanidine groups is 1. The molecule has 2 aromatic rings. The van der Waals surface area contributed by atoms with Crippen LogP contribution >= 0.6 is 11.8 Å². The van der Waals surface area contributed by atoms with Gasteiger partial charge in [-0.05, 0) is 64.5 Å². The Bertz CT molecular complexity index is 1890. The zero-order valence-electron chi connectivity index (χ0n) is 35.4. The van der Waals surface area contributed by atoms with Crippen LogP contribution in [0.4, 0.5) is 0 Å². The monoisotopic (exact) mass is 872 g/mol. The quantitative estimate of drug-likeness (QED) is 0.0237. The van der Waals surface area contributed by atoms with Gasteiger partial charge in [-0.2, -0.15) is 0 Å². The number of fused-ring (bicyclic) bond motifs is 1. The number of hydrogen-bond acceptors (Lipinski definition) is 12. The summed E-state index contributed by atoms with van der Waals surface area (Å²) >= 11 is 1.32. The summed E-state index contributed by atoms with van der Waals surface area (Å²) in [6.45, 7) is 6.19. The van der Waals surface area contributed by atoms with E-state index in [2.05, 4.69) is 36.6 Å². The fraction of sp³-hybridized carbons (Fsp3) is 0.575. The molecule has 0 saturated carbocycles. The number of H-pyrrole nitrogens is 1. The summed E-state index contributed by atoms with van der Waals surface area (Å²) in [5.41, 5.74) is 11.3. The maximum Gasteiger partial charge on any atom is 0.328 e. The van der Waals surface area contributed by atoms with Crippen LogP contribution in [0, 0.1) is 0 Å². The summed E-state index contributed by atoms with van der Waals surface area (Å²) in [6, 6.07) is 2.68. The molecular formula is C40H60N10O10S. The number of aromatic nitrogens is 1. The second-order valence-corrected chi connectivity index (χ2v) is 16.5. The highest BCUT2D eigenvalue weighted by atomic mass is 32.2. The van der Waals surface area contributed by atoms with Crippen molar-refractivity contribution in [2.45, 2.75) is 109 Å². The van der Waals surface area contributed by atoms with E-state index in [0.717, 1.165) is 10.9 Å². The first-order chi connectivity index (χ1) is 28.9. The van der Waals surface area contributed by atoms with Gasteiger partial charge in [0, 0.05) is 55.7 Å². The van der Waals surface area contributed by atoms with Gasteiger partial charge in [-0.1, -0.05) is 18.2 Å². The number of hydrogen-bond donors (Lipinski definition) is 8. The first-order valence-electron chi connectivity index (χ1n) is 20.1. The maximum atomic E-state index is 14.2. The van der Waals surface area contributed by atoms with Crippen LogP contribution < -0.4 is 38.1 Å². The van der Waals surface area contributed by atoms with E-state index in [1.807, 2.05) is 24.3 Å². The standard InChI is InChI=1S/C40H60N10O10S/c1-24(51)46-23-61-18-15-32(52)47-28(13-8-9-16-43-39(41)42)35(55)45-22-33(53)48-29(20-34(54)60-40(2,3)4)36(56)49-30(19-25-21-44-27-12-7-6-11-26(25)27)37(57)50-17-10-14-31(50)38(58)59-5/h6-7,11-12,21,28-31,44H,8-10,13-20,22-23H2,1-5H3,(H,45,55)(H,46,51)(H,47,52)(H,48,53)(H,49,56)(H4,41,42,43). The van der Waals surface area contributed by atoms with Crippen LogP contribution in [-0.4, -0.2) is 131 Å². The number of likely N-dealkylation sites (tertiary alicyclic amines) is 1. The molecule has 1 fully saturated rings. The molecule has 0 bridgehead atoms. The van der Waals surface area contributed by atoms with E-state index in [9.17, 15) is 38.4 Å². The predicted molar refractivity (Wildman–Crippen MR) is 228 cm³/mol. The van der Waals surface area contributed by atoms with Crippen LogP contribution in [-0.2, 0) is 54.3 Å². The number of carbonyl (C=O) groups excluding carboxylic acids is 8. The first kappa shape index (κ1) is 49.5. The van der Waals surface area contributed by atoms with Crippen LogP contribution in [0.15, 0.2) is 35.5 Å². The number of aromatic amines is 1. The van der Waals surface area contributed by atoms with Crippen LogP contribution in [0.1, 0.15) is 78.2 Å². The number of para-hydroxylation sites is 1. The molecule has 0 aliphatic carbocycles. The Hall–Kier alpha value is -5.86. The van der Waals surface area contributed by atoms with Crippen molar-refractivity contribution >= 4 is 76.0 Å². The van der Waals surface area contributed by atoms with Gasteiger partial charge in [0.25, 0.3) is 0 Å². The Labute approximate surface area is 359 Å². The summed E-state index contributed by atoms with van der Waals surface area (Å²) < 4.78 is 10.4. The van der Waals surface area contributed by atoms with Gasteiger partial charge in [-0.25, -0.2) is 4.79 Å². The van der Waals surface area contributed by atoms with E-state index in [1.54, 1.807) is 27.0 Å². The lowest BCUT2D eigenvalue weighted by Crippen LogP contribution is -2.58. The number of nitrogens with one attached hydrogen (secondary N) is 6. The van der Waals surface area contributed by atoms with Gasteiger partial charge in [0.2, 0.25) is 35.4 Å². The highest BCUT2D eigenvalue weighted by Gasteiger charge is 2.39. The fourth-order valence-corrected chi connectivity index (χ4v) is 7.27. The molecule has 1 aromatic heterocycles. The highest BCUT2D eigenvalue weighted by Crippen LogP contribution is 2.23. The summed E-state index contributed by atoms with van der Waals surface area (Å²) in [5, 5.41) is 13.8. The Balaban J connectivity index is 1.79. The summed E-state index contributed by atoms with van der Waals surface area (Å²) in [5.74, 6) is -4.43. The fourth-order valence-electron chi connectivity index (χ4n) is 6.49. The zero-order valence-corrected chi connectivity index (χ0v) is 36.2. The Morgan fingerprint density at radius 2 is 1.67 bits per heavy atom. The summed E-state index contributed by atoms with van der Waals surface area (Å²) in [4.78, 5) is 113. The molecule has 1 aromatic carbocycles. The predicted octanol–water partition coefficient (Wildman–Crippen LogP) is -0.163. The number of rotatable bonds is 23. The minimum atomic E-state index is -1.56.